The Kier molecular flexibility index (Phi) is 7.38. The fourth-order valence-corrected chi connectivity index (χ4v) is 4.67. The molecule has 1 aliphatic heterocycles. The monoisotopic (exact) mass is 575 g/mol. The molecule has 1 fully saturated rings. The Labute approximate surface area is 229 Å². The Morgan fingerprint density at radius 2 is 1.85 bits per heavy atom. The molecule has 1 aromatic carbocycles. The predicted molar refractivity (Wildman–Crippen MR) is 141 cm³/mol. The largest absolute Gasteiger partial charge is 0.481 e. The quantitative estimate of drug-likeness (QED) is 0.347. The molecule has 4 aromatic rings. The highest BCUT2D eigenvalue weighted by atomic mass is 19.4. The van der Waals surface area contributed by atoms with Crippen LogP contribution in [0.1, 0.15) is 24.1 Å². The smallest absolute Gasteiger partial charge is 0.419 e. The van der Waals surface area contributed by atoms with Gasteiger partial charge in [-0.3, -0.25) is 9.59 Å². The average Bonchev–Trinajstić information content (AvgIpc) is 2.95. The number of pyridine rings is 1. The molecule has 1 N–H and O–H groups in total. The number of nitrogens with zero attached hydrogens (tertiary/aromatic N) is 6. The van der Waals surface area contributed by atoms with Gasteiger partial charge in [-0.1, -0.05) is 12.1 Å². The van der Waals surface area contributed by atoms with Crippen molar-refractivity contribution < 1.29 is 27.0 Å². The average molecular weight is 576 g/mol. The third kappa shape index (κ3) is 5.19. The van der Waals surface area contributed by atoms with Crippen LogP contribution in [0.2, 0.25) is 0 Å². The number of morpholine rings is 1. The van der Waals surface area contributed by atoms with Crippen molar-refractivity contribution in [2.45, 2.75) is 19.1 Å². The van der Waals surface area contributed by atoms with Gasteiger partial charge in [0, 0.05) is 31.1 Å². The van der Waals surface area contributed by atoms with Crippen LogP contribution < -0.4 is 26.2 Å². The maximum Gasteiger partial charge on any atom is 0.419 e. The third-order valence-corrected chi connectivity index (χ3v) is 6.71. The zero-order valence-electron chi connectivity index (χ0n) is 22.2. The van der Waals surface area contributed by atoms with Crippen molar-refractivity contribution in [3.63, 3.8) is 0 Å². The van der Waals surface area contributed by atoms with Gasteiger partial charge in [0.2, 0.25) is 5.88 Å². The van der Waals surface area contributed by atoms with Crippen molar-refractivity contribution in [1.29, 1.82) is 0 Å². The maximum absolute atomic E-state index is 15.0. The molecule has 0 saturated carbocycles. The van der Waals surface area contributed by atoms with Crippen molar-refractivity contribution in [2.75, 3.05) is 43.7 Å². The summed E-state index contributed by atoms with van der Waals surface area (Å²) in [5.74, 6) is -1.32. The zero-order valence-corrected chi connectivity index (χ0v) is 22.2. The number of hydrogen-bond acceptors (Lipinski definition) is 9. The van der Waals surface area contributed by atoms with E-state index in [2.05, 4.69) is 20.4 Å². The number of methoxy groups -OCH3 is 1. The van der Waals surface area contributed by atoms with Gasteiger partial charge in [-0.2, -0.15) is 23.3 Å². The lowest BCUT2D eigenvalue weighted by molar-refractivity contribution is -0.140. The van der Waals surface area contributed by atoms with Crippen LogP contribution >= 0.6 is 0 Å². The molecule has 5 rings (SSSR count). The Bertz CT molecular complexity index is 1730. The van der Waals surface area contributed by atoms with Crippen LogP contribution in [0.25, 0.3) is 22.2 Å². The molecule has 0 spiro atoms. The molecule has 1 atom stereocenters. The summed E-state index contributed by atoms with van der Waals surface area (Å²) in [5, 5.41) is 9.00. The lowest BCUT2D eigenvalue weighted by Crippen LogP contribution is -2.49. The van der Waals surface area contributed by atoms with E-state index in [4.69, 9.17) is 9.47 Å². The Balaban J connectivity index is 1.75. The summed E-state index contributed by atoms with van der Waals surface area (Å²) in [6.07, 6.45) is -2.10. The van der Waals surface area contributed by atoms with Gasteiger partial charge < -0.3 is 19.8 Å². The SMILES string of the molecule is COc1ccnc(-c2c(=O)n(N3CCOCC3)cc3c(N[C@H](C)c4cccc(C(F)(F)F)c4F)nn(C)c(=O)c23)n1. The number of fused-ring (bicyclic) bond motifs is 1. The van der Waals surface area contributed by atoms with E-state index in [1.54, 1.807) is 5.01 Å². The van der Waals surface area contributed by atoms with Crippen molar-refractivity contribution >= 4 is 16.6 Å². The number of aryl methyl sites for hydroxylation is 1. The fourth-order valence-electron chi connectivity index (χ4n) is 4.67. The molecule has 41 heavy (non-hydrogen) atoms. The van der Waals surface area contributed by atoms with Crippen LogP contribution in [0, 0.1) is 5.82 Å². The molecule has 11 nitrogen and oxygen atoms in total. The van der Waals surface area contributed by atoms with E-state index >= 15 is 0 Å². The number of hydrogen-bond donors (Lipinski definition) is 1. The summed E-state index contributed by atoms with van der Waals surface area (Å²) < 4.78 is 67.9. The second kappa shape index (κ2) is 10.8. The van der Waals surface area contributed by atoms with Crippen LogP contribution in [0.4, 0.5) is 23.4 Å². The van der Waals surface area contributed by atoms with Gasteiger partial charge in [-0.25, -0.2) is 18.7 Å². The molecule has 0 unspecified atom stereocenters. The fraction of sp³-hybridized carbons (Fsp3) is 0.346. The summed E-state index contributed by atoms with van der Waals surface area (Å²) in [4.78, 5) is 35.8. The van der Waals surface area contributed by atoms with Crippen LogP contribution in [0.5, 0.6) is 5.88 Å². The minimum Gasteiger partial charge on any atom is -0.481 e. The minimum absolute atomic E-state index is 0.0255. The van der Waals surface area contributed by atoms with Crippen LogP contribution in [-0.2, 0) is 18.0 Å². The lowest BCUT2D eigenvalue weighted by atomic mass is 10.0. The first-order valence-electron chi connectivity index (χ1n) is 12.5. The molecule has 1 saturated heterocycles. The minimum atomic E-state index is -4.89. The zero-order chi connectivity index (χ0) is 29.5. The van der Waals surface area contributed by atoms with E-state index in [0.717, 1.165) is 10.7 Å². The standard InChI is InChI=1S/C26H25F4N7O4/c1-14(15-5-4-6-17(21(15)27)26(28,29)30)32-22-16-13-37(36-9-11-41-12-10-36)25(39)20(19(16)24(38)35(2)34-22)23-31-8-7-18(33-23)40-3/h4-8,13-14H,9-12H2,1-3H3,(H,32,34)/t14-/m1/s1. The van der Waals surface area contributed by atoms with Gasteiger partial charge in [0.25, 0.3) is 11.1 Å². The number of anilines is 1. The molecule has 0 radical (unpaired) electrons. The number of aromatic nitrogens is 5. The third-order valence-electron chi connectivity index (χ3n) is 6.71. The van der Waals surface area contributed by atoms with Crippen molar-refractivity contribution in [2.24, 2.45) is 7.05 Å². The number of alkyl halides is 3. The number of ether oxygens (including phenoxy) is 2. The first-order chi connectivity index (χ1) is 19.5. The molecule has 1 aliphatic rings. The normalized spacial score (nSPS) is 14.8. The topological polar surface area (TPSA) is 116 Å². The predicted octanol–water partition coefficient (Wildman–Crippen LogP) is 2.86. The summed E-state index contributed by atoms with van der Waals surface area (Å²) in [6, 6.07) is 3.46. The van der Waals surface area contributed by atoms with E-state index in [-0.39, 0.29) is 39.4 Å². The number of halogens is 4. The molecule has 3 aromatic heterocycles. The van der Waals surface area contributed by atoms with E-state index < -0.39 is 34.7 Å². The van der Waals surface area contributed by atoms with E-state index in [0.29, 0.717) is 32.4 Å². The summed E-state index contributed by atoms with van der Waals surface area (Å²) in [5.41, 5.74) is -3.02. The summed E-state index contributed by atoms with van der Waals surface area (Å²) in [7, 11) is 2.74. The van der Waals surface area contributed by atoms with Crippen LogP contribution in [0.15, 0.2) is 46.2 Å². The summed E-state index contributed by atoms with van der Waals surface area (Å²) >= 11 is 0. The van der Waals surface area contributed by atoms with Gasteiger partial charge in [-0.15, -0.1) is 0 Å². The van der Waals surface area contributed by atoms with Crippen molar-refractivity contribution in [3.8, 4) is 17.3 Å². The Morgan fingerprint density at radius 3 is 2.54 bits per heavy atom. The van der Waals surface area contributed by atoms with Crippen LogP contribution in [0.3, 0.4) is 0 Å². The van der Waals surface area contributed by atoms with Gasteiger partial charge in [-0.05, 0) is 13.0 Å². The van der Waals surface area contributed by atoms with Crippen LogP contribution in [-0.4, -0.2) is 57.8 Å². The first kappa shape index (κ1) is 28.0. The molecule has 0 aliphatic carbocycles. The van der Waals surface area contributed by atoms with Gasteiger partial charge in [0.1, 0.15) is 11.4 Å². The molecular formula is C26H25F4N7O4. The highest BCUT2D eigenvalue weighted by molar-refractivity contribution is 5.99. The lowest BCUT2D eigenvalue weighted by Gasteiger charge is -2.31. The molecule has 0 amide bonds. The second-order valence-electron chi connectivity index (χ2n) is 9.28. The van der Waals surface area contributed by atoms with E-state index in [9.17, 15) is 27.2 Å². The van der Waals surface area contributed by atoms with Gasteiger partial charge in [0.05, 0.1) is 55.8 Å². The number of rotatable bonds is 6. The van der Waals surface area contributed by atoms with Crippen molar-refractivity contribution in [3.05, 3.63) is 74.3 Å². The second-order valence-corrected chi connectivity index (χ2v) is 9.28. The van der Waals surface area contributed by atoms with E-state index in [1.165, 1.54) is 50.3 Å². The maximum atomic E-state index is 15.0. The Hall–Kier alpha value is -4.53. The van der Waals surface area contributed by atoms with E-state index in [1.807, 2.05) is 0 Å². The van der Waals surface area contributed by atoms with Gasteiger partial charge >= 0.3 is 6.18 Å². The Morgan fingerprint density at radius 1 is 1.12 bits per heavy atom. The van der Waals surface area contributed by atoms with Crippen molar-refractivity contribution in [1.82, 2.24) is 24.4 Å². The molecule has 15 heteroatoms. The molecular weight excluding hydrogens is 550 g/mol. The molecule has 4 heterocycles. The molecule has 0 bridgehead atoms. The highest BCUT2D eigenvalue weighted by Gasteiger charge is 2.35. The summed E-state index contributed by atoms with van der Waals surface area (Å²) in [6.45, 7) is 2.87. The first-order valence-corrected chi connectivity index (χ1v) is 12.5. The molecule has 216 valence electrons. The number of benzene rings is 1. The van der Waals surface area contributed by atoms with Gasteiger partial charge in [0.15, 0.2) is 11.6 Å². The number of nitrogens with one attached hydrogen (secondary N) is 1. The highest BCUT2D eigenvalue weighted by Crippen LogP contribution is 2.35.